The van der Waals surface area contributed by atoms with Crippen LogP contribution in [-0.2, 0) is 4.79 Å². The maximum Gasteiger partial charge on any atom is 0.321 e. The number of rotatable bonds is 7. The molecule has 17 heavy (non-hydrogen) atoms. The van der Waals surface area contributed by atoms with Crippen molar-refractivity contribution in [3.05, 3.63) is 0 Å². The van der Waals surface area contributed by atoms with E-state index in [9.17, 15) is 9.59 Å². The number of hydrogen-bond donors (Lipinski definition) is 3. The second kappa shape index (κ2) is 8.95. The van der Waals surface area contributed by atoms with Gasteiger partial charge in [0, 0.05) is 25.7 Å². The van der Waals surface area contributed by atoms with E-state index in [1.165, 1.54) is 0 Å². The first-order chi connectivity index (χ1) is 8.01. The van der Waals surface area contributed by atoms with Gasteiger partial charge in [-0.15, -0.1) is 0 Å². The molecule has 100 valence electrons. The van der Waals surface area contributed by atoms with Gasteiger partial charge in [0.1, 0.15) is 0 Å². The number of imide groups is 1. The molecule has 0 spiro atoms. The second-order valence-corrected chi connectivity index (χ2v) is 4.05. The van der Waals surface area contributed by atoms with E-state index < -0.39 is 6.03 Å². The van der Waals surface area contributed by atoms with Crippen molar-refractivity contribution in [2.45, 2.75) is 33.2 Å². The number of aliphatic hydroxyl groups excluding tert-OH is 1. The monoisotopic (exact) mass is 245 g/mol. The summed E-state index contributed by atoms with van der Waals surface area (Å²) in [5, 5.41) is 13.5. The van der Waals surface area contributed by atoms with Crippen LogP contribution in [0.15, 0.2) is 0 Å². The molecule has 0 aliphatic rings. The van der Waals surface area contributed by atoms with E-state index in [4.69, 9.17) is 5.11 Å². The van der Waals surface area contributed by atoms with E-state index in [0.717, 1.165) is 0 Å². The fourth-order valence-corrected chi connectivity index (χ4v) is 1.35. The third-order valence-corrected chi connectivity index (χ3v) is 2.27. The summed E-state index contributed by atoms with van der Waals surface area (Å²) < 4.78 is 0. The van der Waals surface area contributed by atoms with Gasteiger partial charge in [-0.25, -0.2) is 4.79 Å². The van der Waals surface area contributed by atoms with Crippen molar-refractivity contribution in [1.29, 1.82) is 0 Å². The minimum atomic E-state index is -0.469. The maximum atomic E-state index is 11.5. The third kappa shape index (κ3) is 7.70. The van der Waals surface area contributed by atoms with Gasteiger partial charge in [0.2, 0.25) is 5.91 Å². The van der Waals surface area contributed by atoms with E-state index >= 15 is 0 Å². The van der Waals surface area contributed by atoms with Gasteiger partial charge in [-0.2, -0.15) is 0 Å². The largest absolute Gasteiger partial charge is 0.396 e. The number of carbonyl (C=O) groups is 2. The van der Waals surface area contributed by atoms with E-state index in [2.05, 4.69) is 10.6 Å². The highest BCUT2D eigenvalue weighted by Crippen LogP contribution is 1.98. The lowest BCUT2D eigenvalue weighted by atomic mass is 10.3. The van der Waals surface area contributed by atoms with Gasteiger partial charge in [0.05, 0.1) is 6.54 Å². The van der Waals surface area contributed by atoms with Crippen LogP contribution < -0.4 is 10.6 Å². The molecule has 0 aromatic rings. The molecule has 6 heteroatoms. The fraction of sp³-hybridized carbons (Fsp3) is 0.818. The molecule has 0 aromatic carbocycles. The highest BCUT2D eigenvalue weighted by atomic mass is 16.3. The lowest BCUT2D eigenvalue weighted by Gasteiger charge is -2.25. The zero-order valence-corrected chi connectivity index (χ0v) is 10.8. The highest BCUT2D eigenvalue weighted by molar-refractivity contribution is 5.95. The van der Waals surface area contributed by atoms with Crippen LogP contribution in [0.2, 0.25) is 0 Å². The highest BCUT2D eigenvalue weighted by Gasteiger charge is 2.14. The number of amides is 3. The first-order valence-corrected chi connectivity index (χ1v) is 5.93. The van der Waals surface area contributed by atoms with Crippen LogP contribution in [0.25, 0.3) is 0 Å². The number of urea groups is 1. The molecule has 0 unspecified atom stereocenters. The summed E-state index contributed by atoms with van der Waals surface area (Å²) >= 11 is 0. The van der Waals surface area contributed by atoms with Gasteiger partial charge in [-0.1, -0.05) is 0 Å². The van der Waals surface area contributed by atoms with Crippen molar-refractivity contribution >= 4 is 11.9 Å². The quantitative estimate of drug-likeness (QED) is 0.586. The standard InChI is InChI=1S/C11H23N3O3/c1-4-12-11(17)13-10(16)8-14(9(2)3)6-5-7-15/h9,15H,4-8H2,1-3H3,(H2,12,13,16,17). The van der Waals surface area contributed by atoms with Crippen LogP contribution in [0.3, 0.4) is 0 Å². The molecule has 3 amide bonds. The van der Waals surface area contributed by atoms with Crippen molar-refractivity contribution in [3.8, 4) is 0 Å². The Hall–Kier alpha value is -1.14. The van der Waals surface area contributed by atoms with Crippen molar-refractivity contribution in [2.24, 2.45) is 0 Å². The SMILES string of the molecule is CCNC(=O)NC(=O)CN(CCCO)C(C)C. The smallest absolute Gasteiger partial charge is 0.321 e. The molecule has 0 heterocycles. The molecule has 0 bridgehead atoms. The van der Waals surface area contributed by atoms with E-state index in [1.54, 1.807) is 6.92 Å². The molecular weight excluding hydrogens is 222 g/mol. The Morgan fingerprint density at radius 3 is 2.47 bits per heavy atom. The van der Waals surface area contributed by atoms with Crippen molar-refractivity contribution in [1.82, 2.24) is 15.5 Å². The molecule has 0 aliphatic heterocycles. The first kappa shape index (κ1) is 15.9. The summed E-state index contributed by atoms with van der Waals surface area (Å²) in [6.07, 6.45) is 0.618. The number of aliphatic hydroxyl groups is 1. The molecule has 3 N–H and O–H groups in total. The predicted octanol–water partition coefficient (Wildman–Crippen LogP) is -0.0751. The van der Waals surface area contributed by atoms with Gasteiger partial charge in [0.15, 0.2) is 0 Å². The summed E-state index contributed by atoms with van der Waals surface area (Å²) in [7, 11) is 0. The molecule has 0 aromatic heterocycles. The summed E-state index contributed by atoms with van der Waals surface area (Å²) in [4.78, 5) is 24.6. The number of carbonyl (C=O) groups excluding carboxylic acids is 2. The Balaban J connectivity index is 4.07. The van der Waals surface area contributed by atoms with Gasteiger partial charge in [-0.05, 0) is 27.2 Å². The molecular formula is C11H23N3O3. The van der Waals surface area contributed by atoms with Gasteiger partial charge in [-0.3, -0.25) is 15.0 Å². The fourth-order valence-electron chi connectivity index (χ4n) is 1.35. The van der Waals surface area contributed by atoms with E-state index in [-0.39, 0.29) is 25.1 Å². The van der Waals surface area contributed by atoms with Gasteiger partial charge >= 0.3 is 6.03 Å². The zero-order valence-electron chi connectivity index (χ0n) is 10.8. The summed E-state index contributed by atoms with van der Waals surface area (Å²) in [6.45, 7) is 7.10. The summed E-state index contributed by atoms with van der Waals surface area (Å²) in [5.74, 6) is -0.331. The Bertz CT molecular complexity index is 244. The lowest BCUT2D eigenvalue weighted by Crippen LogP contribution is -2.46. The van der Waals surface area contributed by atoms with E-state index in [0.29, 0.717) is 19.5 Å². The lowest BCUT2D eigenvalue weighted by molar-refractivity contribution is -0.121. The predicted molar refractivity (Wildman–Crippen MR) is 65.6 cm³/mol. The molecule has 0 radical (unpaired) electrons. The minimum absolute atomic E-state index is 0.0984. The Morgan fingerprint density at radius 2 is 2.00 bits per heavy atom. The summed E-state index contributed by atoms with van der Waals surface area (Å²) in [6, 6.07) is -0.273. The Morgan fingerprint density at radius 1 is 1.35 bits per heavy atom. The van der Waals surface area contributed by atoms with Crippen molar-refractivity contribution < 1.29 is 14.7 Å². The molecule has 0 atom stereocenters. The van der Waals surface area contributed by atoms with Crippen LogP contribution in [-0.4, -0.2) is 54.2 Å². The zero-order chi connectivity index (χ0) is 13.3. The van der Waals surface area contributed by atoms with Crippen molar-refractivity contribution in [2.75, 3.05) is 26.2 Å². The average Bonchev–Trinajstić information content (AvgIpc) is 2.23. The molecule has 0 fully saturated rings. The Kier molecular flexibility index (Phi) is 8.35. The van der Waals surface area contributed by atoms with Crippen molar-refractivity contribution in [3.63, 3.8) is 0 Å². The summed E-state index contributed by atoms with van der Waals surface area (Å²) in [5.41, 5.74) is 0. The number of hydrogen-bond acceptors (Lipinski definition) is 4. The number of nitrogens with zero attached hydrogens (tertiary/aromatic N) is 1. The molecule has 0 saturated heterocycles. The van der Waals surface area contributed by atoms with E-state index in [1.807, 2.05) is 18.7 Å². The van der Waals surface area contributed by atoms with Gasteiger partial charge in [0.25, 0.3) is 0 Å². The van der Waals surface area contributed by atoms with Crippen LogP contribution >= 0.6 is 0 Å². The third-order valence-electron chi connectivity index (χ3n) is 2.27. The van der Waals surface area contributed by atoms with Crippen LogP contribution in [0.4, 0.5) is 4.79 Å². The Labute approximate surface area is 102 Å². The normalized spacial score (nSPS) is 10.7. The average molecular weight is 245 g/mol. The number of nitrogens with one attached hydrogen (secondary N) is 2. The van der Waals surface area contributed by atoms with Crippen LogP contribution in [0, 0.1) is 0 Å². The molecule has 6 nitrogen and oxygen atoms in total. The first-order valence-electron chi connectivity index (χ1n) is 5.93. The molecule has 0 aliphatic carbocycles. The maximum absolute atomic E-state index is 11.5. The van der Waals surface area contributed by atoms with Crippen LogP contribution in [0.5, 0.6) is 0 Å². The van der Waals surface area contributed by atoms with Gasteiger partial charge < -0.3 is 10.4 Å². The molecule has 0 saturated carbocycles. The minimum Gasteiger partial charge on any atom is -0.396 e. The second-order valence-electron chi connectivity index (χ2n) is 4.05. The topological polar surface area (TPSA) is 81.7 Å². The van der Waals surface area contributed by atoms with Crippen LogP contribution in [0.1, 0.15) is 27.2 Å². The molecule has 0 rings (SSSR count).